The summed E-state index contributed by atoms with van der Waals surface area (Å²) in [5.74, 6) is 0. The second kappa shape index (κ2) is 15.9. The number of rotatable bonds is 7. The topological polar surface area (TPSA) is 8.17 Å². The quantitative estimate of drug-likeness (QED) is 0.145. The zero-order valence-electron chi connectivity index (χ0n) is 39.7. The Bertz CT molecular complexity index is 3790. The lowest BCUT2D eigenvalue weighted by Crippen LogP contribution is -2.13. The van der Waals surface area contributed by atoms with Crippen molar-refractivity contribution < 1.29 is 0 Å². The van der Waals surface area contributed by atoms with Gasteiger partial charge in [0.2, 0.25) is 0 Å². The summed E-state index contributed by atoms with van der Waals surface area (Å²) in [5, 5.41) is 10.1. The molecule has 0 unspecified atom stereocenters. The van der Waals surface area contributed by atoms with E-state index in [0.29, 0.717) is 0 Å². The van der Waals surface area contributed by atoms with Crippen LogP contribution in [0.4, 0.5) is 17.1 Å². The summed E-state index contributed by atoms with van der Waals surface area (Å²) in [5.41, 5.74) is 16.8. The van der Waals surface area contributed by atoms with E-state index in [1.807, 2.05) is 0 Å². The Morgan fingerprint density at radius 1 is 0.324 bits per heavy atom. The SMILES string of the molecule is CC(C)(C)c1ccc2c(c1)c1cc(C(C)(C)C)ccc1n2-c1ccc2ccc3c(N(c4ccccc4-c4ccccc4)c4ccccc4-c4ccccc4-c4ccccc4)ccc4ccc1c2c43. The molecule has 0 radical (unpaired) electrons. The molecule has 0 spiro atoms. The maximum Gasteiger partial charge on any atom is 0.0541 e. The maximum absolute atomic E-state index is 2.53. The van der Waals surface area contributed by atoms with Gasteiger partial charge in [-0.15, -0.1) is 0 Å². The molecule has 2 heteroatoms. The molecule has 0 amide bonds. The largest absolute Gasteiger partial charge is 0.309 e. The maximum atomic E-state index is 2.53. The van der Waals surface area contributed by atoms with Gasteiger partial charge >= 0.3 is 0 Å². The molecule has 0 atom stereocenters. The summed E-state index contributed by atoms with van der Waals surface area (Å²) in [7, 11) is 0. The second-order valence-electron chi connectivity index (χ2n) is 20.5. The van der Waals surface area contributed by atoms with Crippen molar-refractivity contribution in [1.29, 1.82) is 0 Å². The summed E-state index contributed by atoms with van der Waals surface area (Å²) < 4.78 is 2.53. The van der Waals surface area contributed by atoms with Gasteiger partial charge < -0.3 is 9.47 Å². The number of hydrogen-bond donors (Lipinski definition) is 0. The van der Waals surface area contributed by atoms with Crippen LogP contribution in [-0.2, 0) is 10.8 Å². The van der Waals surface area contributed by atoms with Crippen LogP contribution in [0.1, 0.15) is 52.7 Å². The van der Waals surface area contributed by atoms with Gasteiger partial charge in [-0.3, -0.25) is 0 Å². The molecule has 0 fully saturated rings. The van der Waals surface area contributed by atoms with E-state index < -0.39 is 0 Å². The number of para-hydroxylation sites is 2. The van der Waals surface area contributed by atoms with Gasteiger partial charge in [0.25, 0.3) is 0 Å². The normalized spacial score (nSPS) is 12.3. The molecule has 0 aliphatic carbocycles. The highest BCUT2D eigenvalue weighted by Gasteiger charge is 2.26. The van der Waals surface area contributed by atoms with E-state index in [1.54, 1.807) is 0 Å². The van der Waals surface area contributed by atoms with E-state index >= 15 is 0 Å². The molecule has 0 bridgehead atoms. The first-order valence-electron chi connectivity index (χ1n) is 24.0. The Morgan fingerprint density at radius 2 is 0.765 bits per heavy atom. The van der Waals surface area contributed by atoms with Gasteiger partial charge in [0.05, 0.1) is 33.8 Å². The summed E-state index contributed by atoms with van der Waals surface area (Å²) in [6.45, 7) is 13.9. The van der Waals surface area contributed by atoms with Crippen LogP contribution in [0.2, 0.25) is 0 Å². The molecule has 328 valence electrons. The number of aromatic nitrogens is 1. The first kappa shape index (κ1) is 41.5. The summed E-state index contributed by atoms with van der Waals surface area (Å²) in [4.78, 5) is 2.53. The third-order valence-electron chi connectivity index (χ3n) is 14.3. The van der Waals surface area contributed by atoms with Gasteiger partial charge in [0.1, 0.15) is 0 Å². The molecule has 11 aromatic carbocycles. The molecule has 12 aromatic rings. The van der Waals surface area contributed by atoms with Crippen LogP contribution < -0.4 is 4.90 Å². The average molecular weight is 875 g/mol. The zero-order valence-corrected chi connectivity index (χ0v) is 39.7. The van der Waals surface area contributed by atoms with Crippen molar-refractivity contribution in [2.24, 2.45) is 0 Å². The number of nitrogens with zero attached hydrogens (tertiary/aromatic N) is 2. The summed E-state index contributed by atoms with van der Waals surface area (Å²) in [6, 6.07) is 81.3. The second-order valence-corrected chi connectivity index (χ2v) is 20.5. The minimum absolute atomic E-state index is 0.0241. The Labute approximate surface area is 399 Å². The van der Waals surface area contributed by atoms with Crippen LogP contribution in [0.25, 0.3) is 93.2 Å². The van der Waals surface area contributed by atoms with E-state index in [9.17, 15) is 0 Å². The predicted octanol–water partition coefficient (Wildman–Crippen LogP) is 18.7. The van der Waals surface area contributed by atoms with Gasteiger partial charge in [0, 0.05) is 32.7 Å². The molecule has 1 heterocycles. The van der Waals surface area contributed by atoms with Crippen molar-refractivity contribution in [2.45, 2.75) is 52.4 Å². The fourth-order valence-electron chi connectivity index (χ4n) is 10.8. The average Bonchev–Trinajstić information content (AvgIpc) is 3.69. The monoisotopic (exact) mass is 874 g/mol. The van der Waals surface area contributed by atoms with Crippen LogP contribution in [0.3, 0.4) is 0 Å². The number of benzene rings is 11. The molecule has 1 aromatic heterocycles. The Kier molecular flexibility index (Phi) is 9.67. The van der Waals surface area contributed by atoms with Crippen molar-refractivity contribution in [3.63, 3.8) is 0 Å². The standard InChI is InChI=1S/C66H54N2/c1-65(2,3)47-33-39-61-55(41-47)56-42-48(66(4,5)6)34-40-62(56)68(61)60-38-32-46-29-35-53-59(37-31-45-30-36-54(60)64(46)63(45)53)67(57-27-17-15-24-50(57)44-21-11-8-12-22-44)58-28-18-16-26-52(58)51-25-14-13-23-49(51)43-19-9-7-10-20-43/h7-42H,1-6H3. The van der Waals surface area contributed by atoms with E-state index in [0.717, 1.165) is 17.1 Å². The Hall–Kier alpha value is -7.94. The summed E-state index contributed by atoms with van der Waals surface area (Å²) >= 11 is 0. The molecular weight excluding hydrogens is 821 g/mol. The molecular formula is C66H54N2. The van der Waals surface area contributed by atoms with Crippen molar-refractivity contribution in [2.75, 3.05) is 4.90 Å². The van der Waals surface area contributed by atoms with Crippen LogP contribution >= 0.6 is 0 Å². The molecule has 0 aliphatic rings. The van der Waals surface area contributed by atoms with Gasteiger partial charge in [-0.2, -0.15) is 0 Å². The van der Waals surface area contributed by atoms with E-state index in [1.165, 1.54) is 104 Å². The highest BCUT2D eigenvalue weighted by atomic mass is 15.1. The van der Waals surface area contributed by atoms with Gasteiger partial charge in [-0.25, -0.2) is 0 Å². The Morgan fingerprint density at radius 3 is 1.35 bits per heavy atom. The highest BCUT2D eigenvalue weighted by Crippen LogP contribution is 2.50. The van der Waals surface area contributed by atoms with Crippen molar-refractivity contribution >= 4 is 71.2 Å². The molecule has 0 saturated heterocycles. The van der Waals surface area contributed by atoms with Gasteiger partial charge in [-0.1, -0.05) is 211 Å². The number of hydrogen-bond acceptors (Lipinski definition) is 1. The lowest BCUT2D eigenvalue weighted by molar-refractivity contribution is 0.590. The first-order chi connectivity index (χ1) is 33.0. The van der Waals surface area contributed by atoms with Crippen molar-refractivity contribution in [3.05, 3.63) is 230 Å². The lowest BCUT2D eigenvalue weighted by Gasteiger charge is -2.31. The van der Waals surface area contributed by atoms with Crippen molar-refractivity contribution in [1.82, 2.24) is 4.57 Å². The zero-order chi connectivity index (χ0) is 46.3. The third-order valence-corrected chi connectivity index (χ3v) is 14.3. The van der Waals surface area contributed by atoms with E-state index in [-0.39, 0.29) is 10.8 Å². The van der Waals surface area contributed by atoms with E-state index in [2.05, 4.69) is 269 Å². The lowest BCUT2D eigenvalue weighted by atomic mass is 9.85. The molecule has 68 heavy (non-hydrogen) atoms. The van der Waals surface area contributed by atoms with Crippen LogP contribution in [0.15, 0.2) is 218 Å². The molecule has 0 saturated carbocycles. The fourth-order valence-corrected chi connectivity index (χ4v) is 10.8. The fraction of sp³-hybridized carbons (Fsp3) is 0.121. The van der Waals surface area contributed by atoms with Gasteiger partial charge in [-0.05, 0) is 114 Å². The highest BCUT2D eigenvalue weighted by molar-refractivity contribution is 6.28. The number of anilines is 3. The minimum atomic E-state index is 0.0241. The minimum Gasteiger partial charge on any atom is -0.309 e. The number of fused-ring (bicyclic) bond motifs is 3. The van der Waals surface area contributed by atoms with Crippen LogP contribution in [0.5, 0.6) is 0 Å². The molecule has 0 aliphatic heterocycles. The predicted molar refractivity (Wildman–Crippen MR) is 293 cm³/mol. The smallest absolute Gasteiger partial charge is 0.0541 e. The van der Waals surface area contributed by atoms with Crippen LogP contribution in [-0.4, -0.2) is 4.57 Å². The van der Waals surface area contributed by atoms with Crippen LogP contribution in [0, 0.1) is 0 Å². The first-order valence-corrected chi connectivity index (χ1v) is 24.0. The Balaban J connectivity index is 1.14. The molecule has 2 nitrogen and oxygen atoms in total. The van der Waals surface area contributed by atoms with Crippen molar-refractivity contribution in [3.8, 4) is 39.1 Å². The van der Waals surface area contributed by atoms with Gasteiger partial charge in [0.15, 0.2) is 0 Å². The summed E-state index contributed by atoms with van der Waals surface area (Å²) in [6.07, 6.45) is 0. The molecule has 12 rings (SSSR count). The van der Waals surface area contributed by atoms with E-state index in [4.69, 9.17) is 0 Å². The molecule has 0 N–H and O–H groups in total. The third kappa shape index (κ3) is 6.77.